The molecule has 1 aliphatic carbocycles. The fraction of sp³-hybridized carbons (Fsp3) is 0.0476. The molecule has 0 amide bonds. The zero-order valence-electron chi connectivity index (χ0n) is 24.1. The van der Waals surface area contributed by atoms with Crippen molar-refractivity contribution in [3.8, 4) is 33.4 Å². The van der Waals surface area contributed by atoms with Gasteiger partial charge in [-0.05, 0) is 99.8 Å². The fourth-order valence-electron chi connectivity index (χ4n) is 5.93. The maximum atomic E-state index is 2.35. The van der Waals surface area contributed by atoms with Gasteiger partial charge in [-0.25, -0.2) is 0 Å². The molecule has 206 valence electrons. The van der Waals surface area contributed by atoms with E-state index in [1.807, 2.05) is 0 Å². The standard InChI is InChI=1S/C42H33N/c1-5-14-32(15-6-1)34-24-26-39(27-25-34)43(38-22-11-4-12-23-38)40-28-29-41(42(31-40)35-18-9-3-10-19-35)37-21-13-20-36(30-37)33-16-7-2-8-17-33/h1,3-7,9-31H,2,8H2. The molecule has 0 aliphatic heterocycles. The van der Waals surface area contributed by atoms with Crippen molar-refractivity contribution in [2.75, 3.05) is 4.90 Å². The topological polar surface area (TPSA) is 3.24 Å². The highest BCUT2D eigenvalue weighted by Gasteiger charge is 2.17. The van der Waals surface area contributed by atoms with E-state index < -0.39 is 0 Å². The minimum atomic E-state index is 1.10. The SMILES string of the molecule is C1=CC(c2cccc(-c3ccc(N(c4ccccc4)c4ccc(-c5ccccc5)cc4)cc3-c3ccccc3)c2)=CCC1. The zero-order chi connectivity index (χ0) is 28.8. The molecule has 0 atom stereocenters. The number of hydrogen-bond acceptors (Lipinski definition) is 1. The molecule has 0 N–H and O–H groups in total. The first-order valence-corrected chi connectivity index (χ1v) is 15.0. The van der Waals surface area contributed by atoms with Gasteiger partial charge in [-0.3, -0.25) is 0 Å². The van der Waals surface area contributed by atoms with Gasteiger partial charge in [0.15, 0.2) is 0 Å². The molecule has 0 saturated heterocycles. The van der Waals surface area contributed by atoms with Crippen LogP contribution in [0.3, 0.4) is 0 Å². The molecule has 6 aromatic rings. The molecule has 0 spiro atoms. The predicted molar refractivity (Wildman–Crippen MR) is 184 cm³/mol. The van der Waals surface area contributed by atoms with E-state index >= 15 is 0 Å². The van der Waals surface area contributed by atoms with Crippen molar-refractivity contribution in [1.82, 2.24) is 0 Å². The van der Waals surface area contributed by atoms with Crippen molar-refractivity contribution >= 4 is 22.6 Å². The van der Waals surface area contributed by atoms with Crippen LogP contribution >= 0.6 is 0 Å². The first-order valence-electron chi connectivity index (χ1n) is 15.0. The first-order chi connectivity index (χ1) is 21.3. The maximum absolute atomic E-state index is 2.35. The van der Waals surface area contributed by atoms with E-state index in [2.05, 4.69) is 181 Å². The Morgan fingerprint density at radius 2 is 0.953 bits per heavy atom. The molecule has 1 aliphatic rings. The van der Waals surface area contributed by atoms with E-state index in [9.17, 15) is 0 Å². The Bertz CT molecular complexity index is 1880. The average Bonchev–Trinajstić information content (AvgIpc) is 3.10. The lowest BCUT2D eigenvalue weighted by atomic mass is 9.91. The molecule has 0 heterocycles. The van der Waals surface area contributed by atoms with Gasteiger partial charge >= 0.3 is 0 Å². The fourth-order valence-corrected chi connectivity index (χ4v) is 5.93. The van der Waals surface area contributed by atoms with Gasteiger partial charge in [0.2, 0.25) is 0 Å². The Morgan fingerprint density at radius 1 is 0.372 bits per heavy atom. The first kappa shape index (κ1) is 26.5. The number of rotatable bonds is 7. The zero-order valence-corrected chi connectivity index (χ0v) is 24.1. The van der Waals surface area contributed by atoms with E-state index in [1.165, 1.54) is 44.5 Å². The van der Waals surface area contributed by atoms with Crippen molar-refractivity contribution in [1.29, 1.82) is 0 Å². The predicted octanol–water partition coefficient (Wildman–Crippen LogP) is 11.9. The lowest BCUT2D eigenvalue weighted by Gasteiger charge is -2.27. The average molecular weight is 552 g/mol. The van der Waals surface area contributed by atoms with Crippen LogP contribution in [0.1, 0.15) is 18.4 Å². The summed E-state index contributed by atoms with van der Waals surface area (Å²) in [5, 5.41) is 0. The molecule has 0 aromatic heterocycles. The van der Waals surface area contributed by atoms with Crippen molar-refractivity contribution in [3.63, 3.8) is 0 Å². The third-order valence-corrected chi connectivity index (χ3v) is 8.10. The molecule has 0 fully saturated rings. The minimum absolute atomic E-state index is 1.10. The molecule has 0 radical (unpaired) electrons. The third-order valence-electron chi connectivity index (χ3n) is 8.10. The minimum Gasteiger partial charge on any atom is -0.310 e. The van der Waals surface area contributed by atoms with E-state index in [4.69, 9.17) is 0 Å². The van der Waals surface area contributed by atoms with Crippen LogP contribution in [-0.4, -0.2) is 0 Å². The second kappa shape index (κ2) is 12.2. The number of para-hydroxylation sites is 1. The van der Waals surface area contributed by atoms with Crippen LogP contribution in [0.2, 0.25) is 0 Å². The van der Waals surface area contributed by atoms with E-state index in [0.29, 0.717) is 0 Å². The van der Waals surface area contributed by atoms with E-state index in [0.717, 1.165) is 29.9 Å². The summed E-state index contributed by atoms with van der Waals surface area (Å²) >= 11 is 0. The van der Waals surface area contributed by atoms with Gasteiger partial charge in [0.05, 0.1) is 0 Å². The lowest BCUT2D eigenvalue weighted by Crippen LogP contribution is -2.10. The van der Waals surface area contributed by atoms with Gasteiger partial charge in [-0.15, -0.1) is 0 Å². The van der Waals surface area contributed by atoms with Crippen LogP contribution in [0.4, 0.5) is 17.1 Å². The highest BCUT2D eigenvalue weighted by Crippen LogP contribution is 2.41. The van der Waals surface area contributed by atoms with Crippen molar-refractivity contribution in [3.05, 3.63) is 182 Å². The van der Waals surface area contributed by atoms with Gasteiger partial charge in [0.25, 0.3) is 0 Å². The summed E-state index contributed by atoms with van der Waals surface area (Å²) in [7, 11) is 0. The van der Waals surface area contributed by atoms with Gasteiger partial charge in [-0.2, -0.15) is 0 Å². The van der Waals surface area contributed by atoms with Crippen LogP contribution in [0.25, 0.3) is 39.0 Å². The summed E-state index contributed by atoms with van der Waals surface area (Å²) < 4.78 is 0. The Balaban J connectivity index is 1.35. The van der Waals surface area contributed by atoms with E-state index in [1.54, 1.807) is 0 Å². The molecule has 43 heavy (non-hydrogen) atoms. The molecule has 0 unspecified atom stereocenters. The van der Waals surface area contributed by atoms with Crippen LogP contribution in [0.5, 0.6) is 0 Å². The van der Waals surface area contributed by atoms with Crippen molar-refractivity contribution in [2.45, 2.75) is 12.8 Å². The van der Waals surface area contributed by atoms with Crippen LogP contribution in [-0.2, 0) is 0 Å². The smallest absolute Gasteiger partial charge is 0.0468 e. The number of allylic oxidation sites excluding steroid dienone is 4. The summed E-state index contributed by atoms with van der Waals surface area (Å²) in [6, 6.07) is 56.7. The van der Waals surface area contributed by atoms with Gasteiger partial charge in [-0.1, -0.05) is 133 Å². The quantitative estimate of drug-likeness (QED) is 0.191. The molecular weight excluding hydrogens is 518 g/mol. The normalized spacial score (nSPS) is 12.5. The number of benzene rings is 6. The summed E-state index contributed by atoms with van der Waals surface area (Å²) in [6.45, 7) is 0. The summed E-state index contributed by atoms with van der Waals surface area (Å²) in [5.74, 6) is 0. The van der Waals surface area contributed by atoms with Crippen molar-refractivity contribution in [2.24, 2.45) is 0 Å². The Morgan fingerprint density at radius 3 is 1.65 bits per heavy atom. The summed E-state index contributed by atoms with van der Waals surface area (Å²) in [5.41, 5.74) is 13.2. The highest BCUT2D eigenvalue weighted by molar-refractivity contribution is 5.90. The summed E-state index contributed by atoms with van der Waals surface area (Å²) in [6.07, 6.45) is 9.10. The number of nitrogens with zero attached hydrogens (tertiary/aromatic N) is 1. The highest BCUT2D eigenvalue weighted by atomic mass is 15.1. The second-order valence-electron chi connectivity index (χ2n) is 10.9. The maximum Gasteiger partial charge on any atom is 0.0468 e. The lowest BCUT2D eigenvalue weighted by molar-refractivity contribution is 1.04. The molecule has 0 bridgehead atoms. The van der Waals surface area contributed by atoms with Crippen molar-refractivity contribution < 1.29 is 0 Å². The van der Waals surface area contributed by atoms with Gasteiger partial charge in [0, 0.05) is 17.1 Å². The Kier molecular flexibility index (Phi) is 7.53. The monoisotopic (exact) mass is 551 g/mol. The number of hydrogen-bond donors (Lipinski definition) is 0. The Hall–Kier alpha value is -5.40. The molecule has 7 rings (SSSR count). The third kappa shape index (κ3) is 5.71. The largest absolute Gasteiger partial charge is 0.310 e. The van der Waals surface area contributed by atoms with E-state index in [-0.39, 0.29) is 0 Å². The van der Waals surface area contributed by atoms with Crippen LogP contribution in [0, 0.1) is 0 Å². The van der Waals surface area contributed by atoms with Crippen LogP contribution < -0.4 is 4.90 Å². The summed E-state index contributed by atoms with van der Waals surface area (Å²) in [4.78, 5) is 2.35. The Labute approximate surface area is 254 Å². The molecule has 6 aromatic carbocycles. The number of anilines is 3. The second-order valence-corrected chi connectivity index (χ2v) is 10.9. The molecular formula is C42H33N. The van der Waals surface area contributed by atoms with Gasteiger partial charge < -0.3 is 4.90 Å². The van der Waals surface area contributed by atoms with Gasteiger partial charge in [0.1, 0.15) is 0 Å². The van der Waals surface area contributed by atoms with Crippen LogP contribution in [0.15, 0.2) is 176 Å². The molecule has 1 heteroatoms. The molecule has 0 saturated carbocycles. The molecule has 1 nitrogen and oxygen atoms in total.